The van der Waals surface area contributed by atoms with Crippen LogP contribution in [0.4, 0.5) is 0 Å². The molecule has 44 heavy (non-hydrogen) atoms. The summed E-state index contributed by atoms with van der Waals surface area (Å²) < 4.78 is 25.6. The van der Waals surface area contributed by atoms with E-state index in [1.54, 1.807) is 21.3 Å². The Morgan fingerprint density at radius 2 is 1.07 bits per heavy atom. The maximum absolute atomic E-state index is 12.2. The maximum Gasteiger partial charge on any atom is 0.236 e. The number of unbranched alkanes of at least 4 members (excludes halogenated alkanes) is 4. The number of halogens is 1. The molecule has 0 aromatic heterocycles. The highest BCUT2D eigenvalue weighted by atomic mass is 79.9. The number of nitrogens with one attached hydrogen (secondary N) is 1. The van der Waals surface area contributed by atoms with Gasteiger partial charge < -0.3 is 23.7 Å². The molecular formula is C32H49BrN2O9. The molecule has 4 bridgehead atoms. The van der Waals surface area contributed by atoms with Crippen LogP contribution in [0, 0.1) is 23.7 Å². The number of rotatable bonds is 13. The van der Waals surface area contributed by atoms with Crippen molar-refractivity contribution >= 4 is 39.6 Å². The smallest absolute Gasteiger partial charge is 0.236 e. The molecule has 6 heterocycles. The van der Waals surface area contributed by atoms with Crippen molar-refractivity contribution in [2.75, 3.05) is 53.0 Å². The Kier molecular flexibility index (Phi) is 15.7. The number of alkyl halides is 1. The van der Waals surface area contributed by atoms with Crippen LogP contribution >= 0.6 is 15.9 Å². The monoisotopic (exact) mass is 684 g/mol. The summed E-state index contributed by atoms with van der Waals surface area (Å²) in [6.07, 6.45) is 14.7. The third-order valence-corrected chi connectivity index (χ3v) is 8.98. The normalized spacial score (nSPS) is 31.2. The average Bonchev–Trinajstić information content (AvgIpc) is 3.87. The van der Waals surface area contributed by atoms with E-state index >= 15 is 0 Å². The number of imide groups is 2. The quantitative estimate of drug-likeness (QED) is 0.135. The number of hydrogen-bond acceptors (Lipinski definition) is 9. The Bertz CT molecular complexity index is 946. The molecule has 6 aliphatic heterocycles. The van der Waals surface area contributed by atoms with E-state index in [4.69, 9.17) is 23.7 Å². The number of carbonyl (C=O) groups is 4. The van der Waals surface area contributed by atoms with Crippen molar-refractivity contribution in [1.82, 2.24) is 10.2 Å². The second-order valence-electron chi connectivity index (χ2n) is 11.5. The van der Waals surface area contributed by atoms with Gasteiger partial charge in [0.15, 0.2) is 0 Å². The predicted octanol–water partition coefficient (Wildman–Crippen LogP) is 3.19. The molecule has 4 amide bonds. The average molecular weight is 686 g/mol. The van der Waals surface area contributed by atoms with Gasteiger partial charge in [0.05, 0.1) is 48.1 Å². The number of amides is 4. The first-order valence-electron chi connectivity index (χ1n) is 15.7. The van der Waals surface area contributed by atoms with Gasteiger partial charge in [-0.15, -0.1) is 0 Å². The van der Waals surface area contributed by atoms with Crippen LogP contribution in [0.2, 0.25) is 0 Å². The number of likely N-dealkylation sites (tertiary alicyclic amines) is 1. The minimum Gasteiger partial charge on any atom is -0.385 e. The van der Waals surface area contributed by atoms with Crippen LogP contribution in [0.5, 0.6) is 0 Å². The van der Waals surface area contributed by atoms with E-state index in [-0.39, 0.29) is 71.7 Å². The lowest BCUT2D eigenvalue weighted by Gasteiger charge is -2.17. The molecule has 0 saturated carbocycles. The second-order valence-corrected chi connectivity index (χ2v) is 12.3. The molecule has 12 heteroatoms. The van der Waals surface area contributed by atoms with Crippen molar-refractivity contribution in [1.29, 1.82) is 0 Å². The van der Waals surface area contributed by atoms with E-state index in [0.717, 1.165) is 31.4 Å². The number of nitrogens with zero attached hydrogens (tertiary/aromatic N) is 1. The number of ether oxygens (including phenoxy) is 5. The highest BCUT2D eigenvalue weighted by Gasteiger charge is 2.60. The minimum absolute atomic E-state index is 0.0562. The lowest BCUT2D eigenvalue weighted by molar-refractivity contribution is -0.142. The molecule has 248 valence electrons. The van der Waals surface area contributed by atoms with Gasteiger partial charge in [-0.05, 0) is 32.1 Å². The van der Waals surface area contributed by atoms with Crippen LogP contribution in [-0.2, 0) is 42.9 Å². The van der Waals surface area contributed by atoms with Crippen molar-refractivity contribution in [3.63, 3.8) is 0 Å². The van der Waals surface area contributed by atoms with Gasteiger partial charge in [-0.1, -0.05) is 60.0 Å². The third kappa shape index (κ3) is 9.07. The topological polar surface area (TPSA) is 130 Å². The summed E-state index contributed by atoms with van der Waals surface area (Å²) in [6, 6.07) is 0. The molecule has 11 nitrogen and oxygen atoms in total. The summed E-state index contributed by atoms with van der Waals surface area (Å²) in [7, 11) is 5.13. The van der Waals surface area contributed by atoms with Crippen molar-refractivity contribution in [2.45, 2.75) is 76.3 Å². The molecule has 4 fully saturated rings. The first kappa shape index (κ1) is 36.5. The lowest BCUT2D eigenvalue weighted by atomic mass is 9.85. The van der Waals surface area contributed by atoms with E-state index in [2.05, 4.69) is 28.2 Å². The minimum atomic E-state index is -0.269. The van der Waals surface area contributed by atoms with E-state index in [0.29, 0.717) is 13.2 Å². The second kappa shape index (κ2) is 18.9. The fourth-order valence-corrected chi connectivity index (χ4v) is 6.56. The van der Waals surface area contributed by atoms with E-state index in [1.165, 1.54) is 37.0 Å². The molecule has 1 N–H and O–H groups in total. The molecule has 8 atom stereocenters. The highest BCUT2D eigenvalue weighted by Crippen LogP contribution is 2.45. The number of methoxy groups -OCH3 is 3. The molecule has 0 aliphatic carbocycles. The maximum atomic E-state index is 12.2. The number of hydrogen-bond donors (Lipinski definition) is 1. The van der Waals surface area contributed by atoms with Crippen LogP contribution in [0.3, 0.4) is 0 Å². The van der Waals surface area contributed by atoms with Gasteiger partial charge in [-0.25, -0.2) is 0 Å². The molecule has 0 aromatic carbocycles. The molecular weight excluding hydrogens is 636 g/mol. The molecule has 6 rings (SSSR count). The van der Waals surface area contributed by atoms with E-state index in [1.807, 2.05) is 24.3 Å². The zero-order valence-corrected chi connectivity index (χ0v) is 28.0. The Labute approximate surface area is 269 Å². The summed E-state index contributed by atoms with van der Waals surface area (Å²) in [6.45, 7) is 5.18. The van der Waals surface area contributed by atoms with Gasteiger partial charge in [0.25, 0.3) is 0 Å². The van der Waals surface area contributed by atoms with Gasteiger partial charge in [0, 0.05) is 53.0 Å². The fourth-order valence-electron chi connectivity index (χ4n) is 6.16. The largest absolute Gasteiger partial charge is 0.385 e. The van der Waals surface area contributed by atoms with Gasteiger partial charge >= 0.3 is 0 Å². The summed E-state index contributed by atoms with van der Waals surface area (Å²) in [5, 5.41) is 3.42. The molecule has 0 aromatic rings. The van der Waals surface area contributed by atoms with E-state index < -0.39 is 0 Å². The molecule has 6 aliphatic rings. The van der Waals surface area contributed by atoms with Crippen LogP contribution in [0.15, 0.2) is 24.3 Å². The Balaban J connectivity index is 0.000000176. The summed E-state index contributed by atoms with van der Waals surface area (Å²) >= 11 is 3.32. The van der Waals surface area contributed by atoms with Crippen molar-refractivity contribution in [3.8, 4) is 0 Å². The van der Waals surface area contributed by atoms with Gasteiger partial charge in [-0.2, -0.15) is 0 Å². The zero-order chi connectivity index (χ0) is 32.1. The lowest BCUT2D eigenvalue weighted by Crippen LogP contribution is -2.35. The SMILES string of the molecule is CCCCCOC.COCCCCBr.COCCCCN1C(=O)C2C3C=CC(O3)C2C1=O.O=C1NC(=O)C2C3C=CC(O3)C12. The molecule has 0 spiro atoms. The number of carbonyl (C=O) groups excluding carboxylic acids is 4. The van der Waals surface area contributed by atoms with Gasteiger partial charge in [0.2, 0.25) is 23.6 Å². The van der Waals surface area contributed by atoms with Crippen molar-refractivity contribution in [3.05, 3.63) is 24.3 Å². The summed E-state index contributed by atoms with van der Waals surface area (Å²) in [5.74, 6) is -1.52. The van der Waals surface area contributed by atoms with Crippen LogP contribution in [0.1, 0.15) is 51.9 Å². The standard InChI is InChI=1S/C13H17NO4.C8H7NO3.C6H14O.C5H11BrO/c1-17-7-3-2-6-14-12(15)10-8-4-5-9(18-8)11(10)13(14)16;10-7-5-3-1-2-4(12-3)6(5)8(11)9-7;1-3-4-5-6-7-2;1-7-5-3-2-4-6/h4-5,8-11H,2-3,6-7H2,1H3;1-6H,(H,9,10,11);3-6H2,1-2H3;2-5H2,1H3. The van der Waals surface area contributed by atoms with Gasteiger partial charge in [0.1, 0.15) is 0 Å². The Morgan fingerprint density at radius 1 is 0.659 bits per heavy atom. The van der Waals surface area contributed by atoms with Crippen LogP contribution < -0.4 is 5.32 Å². The van der Waals surface area contributed by atoms with Crippen LogP contribution in [-0.4, -0.2) is 106 Å². The van der Waals surface area contributed by atoms with Gasteiger partial charge in [-0.3, -0.25) is 29.4 Å². The molecule has 4 saturated heterocycles. The molecule has 0 radical (unpaired) electrons. The Hall–Kier alpha value is -1.96. The third-order valence-electron chi connectivity index (χ3n) is 8.42. The number of fused-ring (bicyclic) bond motifs is 10. The van der Waals surface area contributed by atoms with E-state index in [9.17, 15) is 19.2 Å². The molecule has 8 unspecified atom stereocenters. The first-order chi connectivity index (χ1) is 21.3. The fraction of sp³-hybridized carbons (Fsp3) is 0.750. The van der Waals surface area contributed by atoms with Crippen molar-refractivity contribution < 1.29 is 42.9 Å². The first-order valence-corrected chi connectivity index (χ1v) is 16.9. The summed E-state index contributed by atoms with van der Waals surface area (Å²) in [5.41, 5.74) is 0. The van der Waals surface area contributed by atoms with Crippen LogP contribution in [0.25, 0.3) is 0 Å². The predicted molar refractivity (Wildman–Crippen MR) is 167 cm³/mol. The zero-order valence-electron chi connectivity index (χ0n) is 26.4. The summed E-state index contributed by atoms with van der Waals surface area (Å²) in [4.78, 5) is 48.3. The van der Waals surface area contributed by atoms with Crippen molar-refractivity contribution in [2.24, 2.45) is 23.7 Å². The highest BCUT2D eigenvalue weighted by molar-refractivity contribution is 9.09. The Morgan fingerprint density at radius 3 is 1.48 bits per heavy atom.